The molecule has 3 heteroatoms. The van der Waals surface area contributed by atoms with Crippen molar-refractivity contribution in [3.8, 4) is 0 Å². The molecule has 0 saturated heterocycles. The molecule has 0 aliphatic heterocycles. The molecule has 3 fully saturated rings. The SMILES string of the molecule is [Cl][Zr][Cl].c1ccc2c[c-](C3(C4CCCCC4)CCC3([c-]3[cH-][c-]4cccc[c-]4[cH-]3)C3CCCCC3)cc2c1. The summed E-state index contributed by atoms with van der Waals surface area (Å²) in [5.41, 5.74) is 3.97. The molecule has 37 heavy (non-hydrogen) atoms. The summed E-state index contributed by atoms with van der Waals surface area (Å²) in [6, 6.07) is 28.7. The van der Waals surface area contributed by atoms with Crippen molar-refractivity contribution >= 4 is 38.6 Å². The quantitative estimate of drug-likeness (QED) is 0.202. The van der Waals surface area contributed by atoms with Crippen molar-refractivity contribution in [2.45, 2.75) is 87.9 Å². The Labute approximate surface area is 241 Å². The molecule has 0 N–H and O–H groups in total. The van der Waals surface area contributed by atoms with Gasteiger partial charge in [-0.15, -0.1) is 18.2 Å². The molecule has 4 aromatic rings. The second-order valence-corrected chi connectivity index (χ2v) is 15.7. The van der Waals surface area contributed by atoms with Crippen LogP contribution < -0.4 is 0 Å². The zero-order valence-corrected chi connectivity index (χ0v) is 25.8. The molecule has 7 rings (SSSR count). The Kier molecular flexibility index (Phi) is 8.06. The minimum absolute atomic E-state index is 0.304. The van der Waals surface area contributed by atoms with Crippen LogP contribution in [0, 0.1) is 11.8 Å². The number of halogens is 2. The molecule has 2 atom stereocenters. The Bertz CT molecular complexity index is 1150. The molecule has 3 saturated carbocycles. The van der Waals surface area contributed by atoms with Gasteiger partial charge in [0.05, 0.1) is 0 Å². The maximum absolute atomic E-state index is 4.93. The molecule has 0 nitrogen and oxygen atoms in total. The first-order chi connectivity index (χ1) is 18.2. The molecule has 198 valence electrons. The van der Waals surface area contributed by atoms with Crippen LogP contribution in [-0.2, 0) is 31.7 Å². The molecule has 0 bridgehead atoms. The van der Waals surface area contributed by atoms with E-state index < -0.39 is 20.8 Å². The molecule has 2 unspecified atom stereocenters. The first-order valence-electron chi connectivity index (χ1n) is 14.5. The van der Waals surface area contributed by atoms with Crippen LogP contribution in [0.5, 0.6) is 0 Å². The van der Waals surface area contributed by atoms with E-state index in [4.69, 9.17) is 17.0 Å². The van der Waals surface area contributed by atoms with E-state index >= 15 is 0 Å². The van der Waals surface area contributed by atoms with E-state index in [-0.39, 0.29) is 0 Å². The summed E-state index contributed by atoms with van der Waals surface area (Å²) in [4.78, 5) is 0. The van der Waals surface area contributed by atoms with Gasteiger partial charge in [-0.2, -0.15) is 33.9 Å². The predicted octanol–water partition coefficient (Wildman–Crippen LogP) is 10.9. The minimum atomic E-state index is -0.826. The summed E-state index contributed by atoms with van der Waals surface area (Å²) in [6.45, 7) is 0. The molecule has 0 heterocycles. The number of hydrogen-bond acceptors (Lipinski definition) is 0. The third kappa shape index (κ3) is 4.44. The Morgan fingerprint density at radius 1 is 0.676 bits per heavy atom. The smallest absolute Gasteiger partial charge is 0.0441 e. The van der Waals surface area contributed by atoms with Crippen LogP contribution >= 0.6 is 17.0 Å². The average Bonchev–Trinajstić information content (AvgIpc) is 3.55. The molecule has 0 aromatic heterocycles. The van der Waals surface area contributed by atoms with E-state index in [0.29, 0.717) is 10.8 Å². The van der Waals surface area contributed by atoms with Gasteiger partial charge in [0.25, 0.3) is 0 Å². The molecule has 0 radical (unpaired) electrons. The Morgan fingerprint density at radius 3 is 1.59 bits per heavy atom. The van der Waals surface area contributed by atoms with Crippen LogP contribution in [0.1, 0.15) is 88.2 Å². The Balaban J connectivity index is 0.000000804. The van der Waals surface area contributed by atoms with Crippen LogP contribution in [0.3, 0.4) is 0 Å². The molecule has 3 aliphatic rings. The van der Waals surface area contributed by atoms with E-state index in [1.165, 1.54) is 98.6 Å². The number of rotatable bonds is 4. The molecule has 0 spiro atoms. The largest absolute Gasteiger partial charge is 0.751 e. The number of hydrogen-bond donors (Lipinski definition) is 0. The van der Waals surface area contributed by atoms with Gasteiger partial charge in [-0.25, -0.2) is 12.1 Å². The van der Waals surface area contributed by atoms with Crippen molar-refractivity contribution in [2.75, 3.05) is 0 Å². The fourth-order valence-electron chi connectivity index (χ4n) is 9.08. The summed E-state index contributed by atoms with van der Waals surface area (Å²) in [5.74, 6) is 1.65. The first kappa shape index (κ1) is 26.4. The van der Waals surface area contributed by atoms with Crippen molar-refractivity contribution in [1.29, 1.82) is 0 Å². The topological polar surface area (TPSA) is 0 Å². The first-order valence-corrected chi connectivity index (χ1v) is 20.8. The van der Waals surface area contributed by atoms with Gasteiger partial charge in [0, 0.05) is 0 Å². The van der Waals surface area contributed by atoms with Crippen LogP contribution in [0.2, 0.25) is 0 Å². The average molecular weight is 609 g/mol. The molecule has 3 aliphatic carbocycles. The number of benzene rings is 2. The zero-order chi connectivity index (χ0) is 25.3. The normalized spacial score (nSPS) is 27.0. The van der Waals surface area contributed by atoms with Crippen molar-refractivity contribution in [3.05, 3.63) is 83.9 Å². The van der Waals surface area contributed by atoms with Gasteiger partial charge in [0.15, 0.2) is 0 Å². The second-order valence-electron chi connectivity index (χ2n) is 11.9. The van der Waals surface area contributed by atoms with E-state index in [1.54, 1.807) is 11.1 Å². The monoisotopic (exact) mass is 606 g/mol. The van der Waals surface area contributed by atoms with Crippen LogP contribution in [0.4, 0.5) is 0 Å². The maximum atomic E-state index is 4.93. The van der Waals surface area contributed by atoms with Crippen LogP contribution in [-0.4, -0.2) is 0 Å². The number of fused-ring (bicyclic) bond motifs is 2. The standard InChI is InChI=1S/C34H38.2ClH.Zr/c1-3-15-29(16-4-1)33(31-21-25-11-7-8-12-26(25)22-31)19-20-34(33,30-17-5-2-6-18-30)32-23-27-13-9-10-14-28(27)24-32;;;/h7-14,21-24,29-30H,1-6,15-20H2;2*1H;/q-6;;;+2/p-2. The van der Waals surface area contributed by atoms with Gasteiger partial charge < -0.3 is 34.5 Å². The third-order valence-corrected chi connectivity index (χ3v) is 10.6. The van der Waals surface area contributed by atoms with Crippen molar-refractivity contribution in [3.63, 3.8) is 0 Å². The molecule has 0 amide bonds. The van der Waals surface area contributed by atoms with Gasteiger partial charge in [0.1, 0.15) is 0 Å². The van der Waals surface area contributed by atoms with Gasteiger partial charge in [-0.3, -0.25) is 0 Å². The molecule has 4 aromatic carbocycles. The molecular formula is C34H38Cl2Zr-6. The van der Waals surface area contributed by atoms with Gasteiger partial charge >= 0.3 is 37.9 Å². The Hall–Kier alpha value is -0.877. The van der Waals surface area contributed by atoms with Gasteiger partial charge in [-0.1, -0.05) is 101 Å². The molecular weight excluding hydrogens is 571 g/mol. The minimum Gasteiger partial charge on any atom is -0.751 e. The zero-order valence-electron chi connectivity index (χ0n) is 21.8. The van der Waals surface area contributed by atoms with E-state index in [0.717, 1.165) is 11.8 Å². The van der Waals surface area contributed by atoms with Crippen LogP contribution in [0.25, 0.3) is 21.5 Å². The fourth-order valence-corrected chi connectivity index (χ4v) is 9.08. The van der Waals surface area contributed by atoms with E-state index in [9.17, 15) is 0 Å². The predicted molar refractivity (Wildman–Crippen MR) is 157 cm³/mol. The van der Waals surface area contributed by atoms with Crippen LogP contribution in [0.15, 0.2) is 72.8 Å². The summed E-state index contributed by atoms with van der Waals surface area (Å²) < 4.78 is 0. The summed E-state index contributed by atoms with van der Waals surface area (Å²) in [5, 5.41) is 5.80. The van der Waals surface area contributed by atoms with Crippen molar-refractivity contribution in [2.24, 2.45) is 11.8 Å². The summed E-state index contributed by atoms with van der Waals surface area (Å²) in [7, 11) is 9.87. The third-order valence-electron chi connectivity index (χ3n) is 10.6. The van der Waals surface area contributed by atoms with E-state index in [1.807, 2.05) is 0 Å². The summed E-state index contributed by atoms with van der Waals surface area (Å²) >= 11 is -0.826. The maximum Gasteiger partial charge on any atom is -0.0441 e. The Morgan fingerprint density at radius 2 is 1.14 bits per heavy atom. The second kappa shape index (κ2) is 11.3. The van der Waals surface area contributed by atoms with E-state index in [2.05, 4.69) is 72.8 Å². The van der Waals surface area contributed by atoms with Crippen molar-refractivity contribution in [1.82, 2.24) is 0 Å². The van der Waals surface area contributed by atoms with Gasteiger partial charge in [0.2, 0.25) is 0 Å². The summed E-state index contributed by atoms with van der Waals surface area (Å²) in [6.07, 6.45) is 17.1. The van der Waals surface area contributed by atoms with Gasteiger partial charge in [-0.05, 0) is 5.92 Å². The van der Waals surface area contributed by atoms with Crippen molar-refractivity contribution < 1.29 is 20.8 Å². The fraction of sp³-hybridized carbons (Fsp3) is 0.471.